The van der Waals surface area contributed by atoms with Crippen molar-refractivity contribution in [2.75, 3.05) is 6.61 Å². The molecule has 3 rings (SSSR count). The zero-order valence-electron chi connectivity index (χ0n) is 12.8. The minimum atomic E-state index is -0.506. The fraction of sp³-hybridized carbons (Fsp3) is 0.111. The molecule has 0 aliphatic carbocycles. The van der Waals surface area contributed by atoms with E-state index in [1.165, 1.54) is 23.5 Å². The lowest BCUT2D eigenvalue weighted by Crippen LogP contribution is -2.19. The Morgan fingerprint density at radius 3 is 2.79 bits per heavy atom. The summed E-state index contributed by atoms with van der Waals surface area (Å²) in [4.78, 5) is 16.8. The monoisotopic (exact) mass is 342 g/mol. The second kappa shape index (κ2) is 7.23. The van der Waals surface area contributed by atoms with Crippen LogP contribution in [0.5, 0.6) is 5.75 Å². The maximum Gasteiger partial charge on any atom is 0.286 e. The molecule has 4 nitrogen and oxygen atoms in total. The standard InChI is InChI=1S/C18H15FN2O2S/c1-2-11-21-14-8-4-6-10-16(14)24-18(21)20-17(22)12-23-15-9-5-3-7-13(15)19/h2-10H,1,11-12H2. The summed E-state index contributed by atoms with van der Waals surface area (Å²) in [7, 11) is 0. The van der Waals surface area contributed by atoms with Gasteiger partial charge < -0.3 is 9.30 Å². The van der Waals surface area contributed by atoms with Crippen LogP contribution in [0.3, 0.4) is 0 Å². The Bertz CT molecular complexity index is 959. The van der Waals surface area contributed by atoms with Crippen molar-refractivity contribution >= 4 is 27.5 Å². The van der Waals surface area contributed by atoms with Gasteiger partial charge in [0, 0.05) is 6.54 Å². The zero-order valence-corrected chi connectivity index (χ0v) is 13.6. The van der Waals surface area contributed by atoms with Crippen molar-refractivity contribution in [2.24, 2.45) is 4.99 Å². The van der Waals surface area contributed by atoms with E-state index in [0.29, 0.717) is 11.3 Å². The van der Waals surface area contributed by atoms with E-state index in [0.717, 1.165) is 10.2 Å². The van der Waals surface area contributed by atoms with Crippen LogP contribution in [0.4, 0.5) is 4.39 Å². The average molecular weight is 342 g/mol. The third-order valence-corrected chi connectivity index (χ3v) is 4.37. The van der Waals surface area contributed by atoms with Crippen LogP contribution >= 0.6 is 11.3 Å². The van der Waals surface area contributed by atoms with Gasteiger partial charge in [-0.05, 0) is 24.3 Å². The third kappa shape index (κ3) is 3.44. The van der Waals surface area contributed by atoms with Gasteiger partial charge in [-0.3, -0.25) is 4.79 Å². The molecule has 122 valence electrons. The van der Waals surface area contributed by atoms with Gasteiger partial charge in [0.25, 0.3) is 5.91 Å². The molecule has 1 aromatic heterocycles. The first kappa shape index (κ1) is 16.1. The number of carbonyl (C=O) groups is 1. The lowest BCUT2D eigenvalue weighted by atomic mass is 10.3. The van der Waals surface area contributed by atoms with Crippen LogP contribution in [0, 0.1) is 5.82 Å². The molecule has 0 bridgehead atoms. The summed E-state index contributed by atoms with van der Waals surface area (Å²) in [5, 5.41) is 0. The Kier molecular flexibility index (Phi) is 4.86. The van der Waals surface area contributed by atoms with Crippen LogP contribution in [0.25, 0.3) is 10.2 Å². The SMILES string of the molecule is C=CCn1c(=NC(=O)COc2ccccc2F)sc2ccccc21. The highest BCUT2D eigenvalue weighted by molar-refractivity contribution is 7.16. The van der Waals surface area contributed by atoms with E-state index in [9.17, 15) is 9.18 Å². The number of amides is 1. The second-order valence-electron chi connectivity index (χ2n) is 4.98. The van der Waals surface area contributed by atoms with Crippen LogP contribution in [-0.4, -0.2) is 17.1 Å². The number of thiazole rings is 1. The number of para-hydroxylation sites is 2. The van der Waals surface area contributed by atoms with Gasteiger partial charge in [0.2, 0.25) is 0 Å². The summed E-state index contributed by atoms with van der Waals surface area (Å²) >= 11 is 1.42. The van der Waals surface area contributed by atoms with Gasteiger partial charge in [0.05, 0.1) is 10.2 Å². The summed E-state index contributed by atoms with van der Waals surface area (Å²) in [6.07, 6.45) is 1.75. The van der Waals surface area contributed by atoms with Gasteiger partial charge in [-0.1, -0.05) is 41.7 Å². The van der Waals surface area contributed by atoms with E-state index >= 15 is 0 Å². The maximum absolute atomic E-state index is 13.5. The number of carbonyl (C=O) groups excluding carboxylic acids is 1. The van der Waals surface area contributed by atoms with Crippen LogP contribution in [0.15, 0.2) is 66.2 Å². The molecule has 0 saturated heterocycles. The van der Waals surface area contributed by atoms with Crippen LogP contribution in [0.2, 0.25) is 0 Å². The van der Waals surface area contributed by atoms with Crippen molar-refractivity contribution in [1.82, 2.24) is 4.57 Å². The molecule has 0 spiro atoms. The molecule has 0 aliphatic heterocycles. The topological polar surface area (TPSA) is 43.6 Å². The molecule has 1 heterocycles. The molecule has 0 radical (unpaired) electrons. The van der Waals surface area contributed by atoms with Gasteiger partial charge in [-0.25, -0.2) is 4.39 Å². The first-order chi connectivity index (χ1) is 11.7. The molecule has 0 N–H and O–H groups in total. The maximum atomic E-state index is 13.5. The van der Waals surface area contributed by atoms with E-state index in [1.54, 1.807) is 18.2 Å². The molecule has 24 heavy (non-hydrogen) atoms. The van der Waals surface area contributed by atoms with Crippen LogP contribution in [0.1, 0.15) is 0 Å². The molecule has 0 unspecified atom stereocenters. The lowest BCUT2D eigenvalue weighted by Gasteiger charge is -2.04. The van der Waals surface area contributed by atoms with Crippen molar-refractivity contribution in [3.63, 3.8) is 0 Å². The predicted molar refractivity (Wildman–Crippen MR) is 92.5 cm³/mol. The van der Waals surface area contributed by atoms with Crippen LogP contribution < -0.4 is 9.54 Å². The quantitative estimate of drug-likeness (QED) is 0.666. The highest BCUT2D eigenvalue weighted by Gasteiger charge is 2.08. The number of rotatable bonds is 5. The molecule has 3 aromatic rings. The number of benzene rings is 2. The number of allylic oxidation sites excluding steroid dienone is 1. The van der Waals surface area contributed by atoms with Crippen molar-refractivity contribution < 1.29 is 13.9 Å². The van der Waals surface area contributed by atoms with Gasteiger partial charge in [-0.15, -0.1) is 6.58 Å². The smallest absolute Gasteiger partial charge is 0.286 e. The van der Waals surface area contributed by atoms with Crippen molar-refractivity contribution in [3.05, 3.63) is 71.8 Å². The third-order valence-electron chi connectivity index (χ3n) is 3.31. The van der Waals surface area contributed by atoms with Crippen molar-refractivity contribution in [2.45, 2.75) is 6.54 Å². The highest BCUT2D eigenvalue weighted by Crippen LogP contribution is 2.17. The summed E-state index contributed by atoms with van der Waals surface area (Å²) in [6.45, 7) is 3.97. The van der Waals surface area contributed by atoms with E-state index in [1.807, 2.05) is 28.8 Å². The van der Waals surface area contributed by atoms with E-state index in [-0.39, 0.29) is 12.4 Å². The lowest BCUT2D eigenvalue weighted by molar-refractivity contribution is -0.120. The first-order valence-corrected chi connectivity index (χ1v) is 8.15. The molecular weight excluding hydrogens is 327 g/mol. The molecule has 0 saturated carbocycles. The summed E-state index contributed by atoms with van der Waals surface area (Å²) in [6, 6.07) is 13.8. The summed E-state index contributed by atoms with van der Waals surface area (Å²) in [5.41, 5.74) is 0.990. The molecule has 0 fully saturated rings. The van der Waals surface area contributed by atoms with E-state index < -0.39 is 11.7 Å². The minimum Gasteiger partial charge on any atom is -0.481 e. The summed E-state index contributed by atoms with van der Waals surface area (Å²) in [5.74, 6) is -0.937. The Balaban J connectivity index is 1.86. The number of fused-ring (bicyclic) bond motifs is 1. The largest absolute Gasteiger partial charge is 0.481 e. The van der Waals surface area contributed by atoms with Crippen molar-refractivity contribution in [1.29, 1.82) is 0 Å². The van der Waals surface area contributed by atoms with E-state index in [2.05, 4.69) is 11.6 Å². The number of nitrogens with zero attached hydrogens (tertiary/aromatic N) is 2. The highest BCUT2D eigenvalue weighted by atomic mass is 32.1. The fourth-order valence-corrected chi connectivity index (χ4v) is 3.31. The minimum absolute atomic E-state index is 0.0383. The average Bonchev–Trinajstić information content (AvgIpc) is 2.92. The van der Waals surface area contributed by atoms with Gasteiger partial charge in [-0.2, -0.15) is 4.99 Å². The number of aromatic nitrogens is 1. The normalized spacial score (nSPS) is 11.6. The molecule has 0 atom stereocenters. The Hall–Kier alpha value is -2.73. The first-order valence-electron chi connectivity index (χ1n) is 7.33. The van der Waals surface area contributed by atoms with Crippen LogP contribution in [-0.2, 0) is 11.3 Å². The Morgan fingerprint density at radius 2 is 2.00 bits per heavy atom. The molecular formula is C18H15FN2O2S. The Labute approximate surface area is 142 Å². The van der Waals surface area contributed by atoms with Crippen molar-refractivity contribution in [3.8, 4) is 5.75 Å². The number of ether oxygens (including phenoxy) is 1. The number of halogens is 1. The van der Waals surface area contributed by atoms with E-state index in [4.69, 9.17) is 4.74 Å². The Morgan fingerprint density at radius 1 is 1.25 bits per heavy atom. The van der Waals surface area contributed by atoms with Gasteiger partial charge in [0.15, 0.2) is 23.0 Å². The number of hydrogen-bond acceptors (Lipinski definition) is 3. The van der Waals surface area contributed by atoms with Gasteiger partial charge in [0.1, 0.15) is 0 Å². The summed E-state index contributed by atoms with van der Waals surface area (Å²) < 4.78 is 21.6. The predicted octanol–water partition coefficient (Wildman–Crippen LogP) is 3.53. The van der Waals surface area contributed by atoms with Gasteiger partial charge >= 0.3 is 0 Å². The molecule has 6 heteroatoms. The zero-order chi connectivity index (χ0) is 16.9. The molecule has 0 aliphatic rings. The molecule has 1 amide bonds. The molecule has 2 aromatic carbocycles. The fourth-order valence-electron chi connectivity index (χ4n) is 2.25. The number of hydrogen-bond donors (Lipinski definition) is 0. The second-order valence-corrected chi connectivity index (χ2v) is 5.99.